The van der Waals surface area contributed by atoms with Gasteiger partial charge in [0.05, 0.1) is 40.4 Å². The van der Waals surface area contributed by atoms with Gasteiger partial charge in [-0.15, -0.1) is 0 Å². The molecule has 0 aromatic heterocycles. The largest absolute Gasteiger partial charge is 0.493 e. The fourth-order valence-corrected chi connectivity index (χ4v) is 1.13. The maximum atomic E-state index is 11.6. The number of hydrogen-bond donors (Lipinski definition) is 0. The van der Waals surface area contributed by atoms with Crippen molar-refractivity contribution in [1.82, 2.24) is 0 Å². The van der Waals surface area contributed by atoms with Gasteiger partial charge in [0.2, 0.25) is 0 Å². The van der Waals surface area contributed by atoms with E-state index in [1.54, 1.807) is 0 Å². The van der Waals surface area contributed by atoms with Crippen LogP contribution in [-0.2, 0) is 4.74 Å². The lowest BCUT2D eigenvalue weighted by Gasteiger charge is -2.09. The monoisotopic (exact) mass is 247 g/mol. The Balaban J connectivity index is 3.55. The summed E-state index contributed by atoms with van der Waals surface area (Å²) >= 11 is 0. The van der Waals surface area contributed by atoms with Gasteiger partial charge in [-0.25, -0.2) is 4.79 Å². The molecule has 92 valence electrons. The molecule has 17 heavy (non-hydrogen) atoms. The first-order chi connectivity index (χ1) is 10.3. The van der Waals surface area contributed by atoms with Crippen LogP contribution in [0.5, 0.6) is 11.5 Å². The molecule has 0 aliphatic heterocycles. The normalized spacial score (nSPS) is 16.3. The molecule has 1 aromatic carbocycles. The second-order valence-corrected chi connectivity index (χ2v) is 2.77. The number of ether oxygens (including phenoxy) is 3. The van der Waals surface area contributed by atoms with E-state index in [-0.39, 0.29) is 0 Å². The fourth-order valence-electron chi connectivity index (χ4n) is 1.13. The van der Waals surface area contributed by atoms with E-state index < -0.39 is 47.7 Å². The Morgan fingerprint density at radius 2 is 1.94 bits per heavy atom. The number of methoxy groups -OCH3 is 3. The molecule has 0 unspecified atom stereocenters. The number of carbonyl (C=O) groups excluding carboxylic acids is 1. The molecular weight excluding hydrogens is 230 g/mol. The summed E-state index contributed by atoms with van der Waals surface area (Å²) < 4.78 is 55.5. The van der Waals surface area contributed by atoms with Gasteiger partial charge >= 0.3 is 5.97 Å². The molecule has 0 saturated carbocycles. The van der Waals surface area contributed by atoms with Crippen LogP contribution in [0.2, 0.25) is 0 Å². The maximum absolute atomic E-state index is 11.6. The molecule has 0 radical (unpaired) electrons. The van der Waals surface area contributed by atoms with Gasteiger partial charge in [-0.1, -0.05) is 0 Å². The summed E-state index contributed by atoms with van der Waals surface area (Å²) in [7, 11) is -5.06. The Bertz CT molecular complexity index is 625. The predicted octanol–water partition coefficient (Wildman–Crippen LogP) is 1.40. The van der Waals surface area contributed by atoms with Gasteiger partial charge in [-0.2, -0.15) is 0 Å². The smallest absolute Gasteiger partial charge is 0.345 e. The second kappa shape index (κ2) is 5.15. The Labute approximate surface area is 105 Å². The average Bonchev–Trinajstić information content (AvgIpc) is 2.35. The maximum Gasteiger partial charge on any atom is 0.345 e. The van der Waals surface area contributed by atoms with E-state index in [1.165, 1.54) is 0 Å². The summed E-state index contributed by atoms with van der Waals surface area (Å²) in [5.41, 5.74) is -1.44. The van der Waals surface area contributed by atoms with Crippen LogP contribution >= 0.6 is 0 Å². The van der Waals surface area contributed by atoms with Crippen molar-refractivity contribution in [3.63, 3.8) is 0 Å². The van der Waals surface area contributed by atoms with Crippen molar-refractivity contribution in [3.8, 4) is 11.5 Å². The first-order valence-electron chi connectivity index (χ1n) is 7.13. The van der Waals surface area contributed by atoms with Crippen molar-refractivity contribution in [1.29, 1.82) is 0 Å². The summed E-state index contributed by atoms with van der Waals surface area (Å²) in [5, 5.41) is 11.0. The van der Waals surface area contributed by atoms with E-state index in [0.717, 1.165) is 7.11 Å². The zero-order valence-corrected chi connectivity index (χ0v) is 8.55. The van der Waals surface area contributed by atoms with E-state index in [2.05, 4.69) is 14.2 Å². The highest BCUT2D eigenvalue weighted by atomic mass is 16.6. The predicted molar refractivity (Wildman–Crippen MR) is 57.5 cm³/mol. The molecule has 0 aliphatic carbocycles. The van der Waals surface area contributed by atoms with Crippen LogP contribution in [0.15, 0.2) is 12.1 Å². The van der Waals surface area contributed by atoms with Gasteiger partial charge in [0.25, 0.3) is 5.69 Å². The van der Waals surface area contributed by atoms with Gasteiger partial charge in [-0.05, 0) is 0 Å². The van der Waals surface area contributed by atoms with Crippen molar-refractivity contribution in [2.45, 2.75) is 0 Å². The van der Waals surface area contributed by atoms with Crippen LogP contribution < -0.4 is 9.47 Å². The SMILES string of the molecule is [2H]C([2H])([2H])Oc1cc(C(=O)OC)c([N+](=O)[O-])cc1OC([2H])([2H])[2H]. The molecular formula is C10H11NO6. The van der Waals surface area contributed by atoms with E-state index >= 15 is 0 Å². The highest BCUT2D eigenvalue weighted by Gasteiger charge is 2.24. The summed E-state index contributed by atoms with van der Waals surface area (Å²) in [6.07, 6.45) is 0. The number of benzene rings is 1. The molecule has 0 saturated heterocycles. The molecule has 1 aromatic rings. The van der Waals surface area contributed by atoms with Gasteiger partial charge in [0, 0.05) is 6.07 Å². The summed E-state index contributed by atoms with van der Waals surface area (Å²) in [6, 6.07) is 1.26. The van der Waals surface area contributed by atoms with Gasteiger partial charge < -0.3 is 14.2 Å². The summed E-state index contributed by atoms with van der Waals surface area (Å²) in [6.45, 7) is 0. The molecule has 7 nitrogen and oxygen atoms in total. The summed E-state index contributed by atoms with van der Waals surface area (Å²) in [5.74, 6) is -2.53. The number of nitro groups is 1. The van der Waals surface area contributed by atoms with E-state index in [1.807, 2.05) is 0 Å². The first-order valence-corrected chi connectivity index (χ1v) is 4.13. The van der Waals surface area contributed by atoms with Crippen molar-refractivity contribution >= 4 is 11.7 Å². The standard InChI is InChI=1S/C10H11NO6/c1-15-8-4-6(10(12)17-3)7(11(13)14)5-9(8)16-2/h4-5H,1-3H3/i1D3,2D3. The molecule has 0 aliphatic rings. The Kier molecular flexibility index (Phi) is 1.95. The summed E-state index contributed by atoms with van der Waals surface area (Å²) in [4.78, 5) is 21.6. The average molecular weight is 247 g/mol. The van der Waals surface area contributed by atoms with Crippen LogP contribution in [0.4, 0.5) is 5.69 Å². The lowest BCUT2D eigenvalue weighted by molar-refractivity contribution is -0.385. The molecule has 0 N–H and O–H groups in total. The number of nitrogens with zero attached hydrogens (tertiary/aromatic N) is 1. The van der Waals surface area contributed by atoms with Crippen LogP contribution in [0.3, 0.4) is 0 Å². The number of hydrogen-bond acceptors (Lipinski definition) is 6. The van der Waals surface area contributed by atoms with Gasteiger partial charge in [0.1, 0.15) is 5.56 Å². The molecule has 0 bridgehead atoms. The third kappa shape index (κ3) is 2.44. The third-order valence-corrected chi connectivity index (χ3v) is 1.88. The third-order valence-electron chi connectivity index (χ3n) is 1.88. The Hall–Kier alpha value is -2.31. The minimum absolute atomic E-state index is 0.583. The first kappa shape index (κ1) is 6.43. The Morgan fingerprint density at radius 3 is 2.41 bits per heavy atom. The highest BCUT2D eigenvalue weighted by molar-refractivity contribution is 5.94. The van der Waals surface area contributed by atoms with Crippen LogP contribution in [0.1, 0.15) is 18.6 Å². The number of rotatable bonds is 4. The zero-order chi connectivity index (χ0) is 18.0. The Morgan fingerprint density at radius 1 is 1.35 bits per heavy atom. The lowest BCUT2D eigenvalue weighted by Crippen LogP contribution is -2.07. The molecule has 0 heterocycles. The molecule has 1 rings (SSSR count). The van der Waals surface area contributed by atoms with Gasteiger partial charge in [-0.3, -0.25) is 10.1 Å². The van der Waals surface area contributed by atoms with Crippen LogP contribution in [-0.4, -0.2) is 32.1 Å². The zero-order valence-electron chi connectivity index (χ0n) is 14.6. The van der Waals surface area contributed by atoms with E-state index in [9.17, 15) is 14.9 Å². The van der Waals surface area contributed by atoms with Gasteiger partial charge in [0.15, 0.2) is 11.5 Å². The quantitative estimate of drug-likeness (QED) is 0.454. The highest BCUT2D eigenvalue weighted by Crippen LogP contribution is 2.34. The van der Waals surface area contributed by atoms with Crippen LogP contribution in [0, 0.1) is 10.1 Å². The molecule has 0 fully saturated rings. The van der Waals surface area contributed by atoms with Crippen LogP contribution in [0.25, 0.3) is 0 Å². The van der Waals surface area contributed by atoms with Crippen molar-refractivity contribution in [2.75, 3.05) is 21.2 Å². The minimum Gasteiger partial charge on any atom is -0.493 e. The number of carbonyl (C=O) groups is 1. The van der Waals surface area contributed by atoms with E-state index in [0.29, 0.717) is 12.1 Å². The van der Waals surface area contributed by atoms with Crippen molar-refractivity contribution < 1.29 is 32.2 Å². The topological polar surface area (TPSA) is 87.9 Å². The second-order valence-electron chi connectivity index (χ2n) is 2.77. The van der Waals surface area contributed by atoms with Crippen molar-refractivity contribution in [2.24, 2.45) is 0 Å². The molecule has 7 heteroatoms. The molecule has 0 atom stereocenters. The lowest BCUT2D eigenvalue weighted by atomic mass is 10.1. The minimum atomic E-state index is -3.02. The number of esters is 1. The van der Waals surface area contributed by atoms with Crippen molar-refractivity contribution in [3.05, 3.63) is 27.8 Å². The van der Waals surface area contributed by atoms with E-state index in [4.69, 9.17) is 8.22 Å². The molecule has 0 amide bonds. The fraction of sp³-hybridized carbons (Fsp3) is 0.300. The number of nitro benzene ring substituents is 1. The molecule has 0 spiro atoms.